The van der Waals surface area contributed by atoms with Crippen LogP contribution in [0.1, 0.15) is 52.4 Å². The highest BCUT2D eigenvalue weighted by Gasteiger charge is 2.45. The molecular weight excluding hydrogens is 160 g/mol. The van der Waals surface area contributed by atoms with Crippen LogP contribution in [0.3, 0.4) is 0 Å². The third kappa shape index (κ3) is 1.43. The average molecular weight is 180 g/mol. The lowest BCUT2D eigenvalue weighted by Crippen LogP contribution is -2.42. The van der Waals surface area contributed by atoms with Gasteiger partial charge in [0.25, 0.3) is 0 Å². The molecule has 2 aliphatic rings. The van der Waals surface area contributed by atoms with E-state index >= 15 is 0 Å². The molecule has 0 aromatic carbocycles. The first-order chi connectivity index (χ1) is 6.13. The molecule has 2 saturated carbocycles. The second kappa shape index (κ2) is 3.11. The van der Waals surface area contributed by atoms with E-state index in [4.69, 9.17) is 0 Å². The van der Waals surface area contributed by atoms with Crippen LogP contribution < -0.4 is 0 Å². The van der Waals surface area contributed by atoms with Gasteiger partial charge >= 0.3 is 0 Å². The van der Waals surface area contributed by atoms with Gasteiger partial charge in [-0.15, -0.1) is 0 Å². The van der Waals surface area contributed by atoms with Crippen LogP contribution in [0.2, 0.25) is 0 Å². The van der Waals surface area contributed by atoms with Crippen molar-refractivity contribution in [2.45, 2.75) is 52.4 Å². The van der Waals surface area contributed by atoms with Gasteiger partial charge in [-0.25, -0.2) is 0 Å². The molecule has 2 aliphatic carbocycles. The summed E-state index contributed by atoms with van der Waals surface area (Å²) in [4.78, 5) is 11.5. The number of fused-ring (bicyclic) bond motifs is 1. The summed E-state index contributed by atoms with van der Waals surface area (Å²) in [6.45, 7) is 4.68. The highest BCUT2D eigenvalue weighted by molar-refractivity contribution is 5.80. The van der Waals surface area contributed by atoms with E-state index in [1.165, 1.54) is 25.7 Å². The molecule has 74 valence electrons. The monoisotopic (exact) mass is 180 g/mol. The topological polar surface area (TPSA) is 17.1 Å². The minimum absolute atomic E-state index is 0.492. The van der Waals surface area contributed by atoms with Gasteiger partial charge < -0.3 is 0 Å². The van der Waals surface area contributed by atoms with Crippen molar-refractivity contribution in [1.82, 2.24) is 0 Å². The summed E-state index contributed by atoms with van der Waals surface area (Å²) in [5.41, 5.74) is 0.492. The number of ketones is 1. The van der Waals surface area contributed by atoms with Gasteiger partial charge in [-0.1, -0.05) is 26.7 Å². The summed E-state index contributed by atoms with van der Waals surface area (Å²) < 4.78 is 0. The van der Waals surface area contributed by atoms with Crippen molar-refractivity contribution in [3.8, 4) is 0 Å². The highest BCUT2D eigenvalue weighted by atomic mass is 16.1. The van der Waals surface area contributed by atoms with E-state index in [1.807, 2.05) is 0 Å². The summed E-state index contributed by atoms with van der Waals surface area (Å²) >= 11 is 0. The number of hydrogen-bond acceptors (Lipinski definition) is 1. The van der Waals surface area contributed by atoms with Gasteiger partial charge in [0.2, 0.25) is 0 Å². The largest absolute Gasteiger partial charge is 0.300 e. The maximum Gasteiger partial charge on any atom is 0.133 e. The van der Waals surface area contributed by atoms with E-state index in [2.05, 4.69) is 13.8 Å². The zero-order valence-electron chi connectivity index (χ0n) is 8.81. The van der Waals surface area contributed by atoms with E-state index < -0.39 is 0 Å². The quantitative estimate of drug-likeness (QED) is 0.559. The Hall–Kier alpha value is -0.330. The van der Waals surface area contributed by atoms with Crippen molar-refractivity contribution in [2.75, 3.05) is 0 Å². The first-order valence-electron chi connectivity index (χ1n) is 5.64. The van der Waals surface area contributed by atoms with E-state index in [-0.39, 0.29) is 0 Å². The summed E-state index contributed by atoms with van der Waals surface area (Å²) in [5, 5.41) is 0. The SMILES string of the molecule is C[C@@H]1CC(=O)C[C@H]2CCCC[C@@]21C. The second-order valence-electron chi connectivity index (χ2n) is 5.30. The minimum Gasteiger partial charge on any atom is -0.300 e. The van der Waals surface area contributed by atoms with Crippen molar-refractivity contribution in [2.24, 2.45) is 17.3 Å². The lowest BCUT2D eigenvalue weighted by molar-refractivity contribution is -0.129. The van der Waals surface area contributed by atoms with Crippen LogP contribution in [0, 0.1) is 17.3 Å². The smallest absolute Gasteiger partial charge is 0.133 e. The molecule has 13 heavy (non-hydrogen) atoms. The van der Waals surface area contributed by atoms with Gasteiger partial charge in [0, 0.05) is 12.8 Å². The molecule has 1 nitrogen and oxygen atoms in total. The van der Waals surface area contributed by atoms with E-state index in [1.54, 1.807) is 0 Å². The Morgan fingerprint density at radius 3 is 2.85 bits per heavy atom. The normalized spacial score (nSPS) is 45.8. The van der Waals surface area contributed by atoms with Gasteiger partial charge in [-0.3, -0.25) is 4.79 Å². The van der Waals surface area contributed by atoms with Crippen LogP contribution in [0.25, 0.3) is 0 Å². The molecule has 0 aromatic heterocycles. The average Bonchev–Trinajstić information content (AvgIpc) is 2.07. The number of rotatable bonds is 0. The van der Waals surface area contributed by atoms with Crippen molar-refractivity contribution in [3.05, 3.63) is 0 Å². The predicted molar refractivity (Wildman–Crippen MR) is 53.5 cm³/mol. The van der Waals surface area contributed by atoms with E-state index in [0.29, 0.717) is 23.0 Å². The van der Waals surface area contributed by atoms with Gasteiger partial charge in [0.1, 0.15) is 5.78 Å². The zero-order valence-corrected chi connectivity index (χ0v) is 8.81. The molecule has 0 amide bonds. The Morgan fingerprint density at radius 2 is 2.08 bits per heavy atom. The zero-order chi connectivity index (χ0) is 9.47. The highest BCUT2D eigenvalue weighted by Crippen LogP contribution is 2.52. The fraction of sp³-hybridized carbons (Fsp3) is 0.917. The fourth-order valence-corrected chi connectivity index (χ4v) is 3.35. The van der Waals surface area contributed by atoms with E-state index in [9.17, 15) is 4.79 Å². The molecule has 0 heterocycles. The van der Waals surface area contributed by atoms with Gasteiger partial charge in [0.15, 0.2) is 0 Å². The Balaban J connectivity index is 2.19. The van der Waals surface area contributed by atoms with Crippen LogP contribution in [-0.4, -0.2) is 5.78 Å². The maximum absolute atomic E-state index is 11.5. The molecule has 2 rings (SSSR count). The Labute approximate surface area is 80.9 Å². The summed E-state index contributed by atoms with van der Waals surface area (Å²) in [6, 6.07) is 0. The first kappa shape index (κ1) is 9.23. The van der Waals surface area contributed by atoms with Crippen molar-refractivity contribution < 1.29 is 4.79 Å². The summed E-state index contributed by atoms with van der Waals surface area (Å²) in [7, 11) is 0. The Kier molecular flexibility index (Phi) is 2.21. The van der Waals surface area contributed by atoms with Crippen LogP contribution in [0.4, 0.5) is 0 Å². The van der Waals surface area contributed by atoms with Crippen molar-refractivity contribution >= 4 is 5.78 Å². The number of hydrogen-bond donors (Lipinski definition) is 0. The second-order valence-corrected chi connectivity index (χ2v) is 5.30. The van der Waals surface area contributed by atoms with Crippen molar-refractivity contribution in [3.63, 3.8) is 0 Å². The molecular formula is C12H20O. The minimum atomic E-state index is 0.492. The lowest BCUT2D eigenvalue weighted by atomic mass is 9.56. The molecule has 2 fully saturated rings. The standard InChI is InChI=1S/C12H20O/c1-9-7-11(13)8-10-5-3-4-6-12(9,10)2/h9-10H,3-8H2,1-2H3/t9-,10-,12-/m1/s1. The molecule has 0 spiro atoms. The first-order valence-corrected chi connectivity index (χ1v) is 5.64. The Bertz CT molecular complexity index is 221. The molecule has 1 heteroatoms. The molecule has 0 N–H and O–H groups in total. The summed E-state index contributed by atoms with van der Waals surface area (Å²) in [5.74, 6) is 1.84. The van der Waals surface area contributed by atoms with Crippen LogP contribution in [0.15, 0.2) is 0 Å². The molecule has 0 aliphatic heterocycles. The lowest BCUT2D eigenvalue weighted by Gasteiger charge is -2.48. The molecule has 3 atom stereocenters. The third-order valence-electron chi connectivity index (χ3n) is 4.58. The van der Waals surface area contributed by atoms with E-state index in [0.717, 1.165) is 12.8 Å². The predicted octanol–water partition coefficient (Wildman–Crippen LogP) is 3.18. The summed E-state index contributed by atoms with van der Waals surface area (Å²) in [6.07, 6.45) is 7.10. The molecule has 0 unspecified atom stereocenters. The van der Waals surface area contributed by atoms with Gasteiger partial charge in [-0.05, 0) is 30.1 Å². The number of Topliss-reactive ketones (excluding diaryl/α,β-unsaturated/α-hetero) is 1. The van der Waals surface area contributed by atoms with Gasteiger partial charge in [0.05, 0.1) is 0 Å². The molecule has 0 bridgehead atoms. The van der Waals surface area contributed by atoms with Crippen molar-refractivity contribution in [1.29, 1.82) is 0 Å². The Morgan fingerprint density at radius 1 is 1.31 bits per heavy atom. The molecule has 0 aromatic rings. The third-order valence-corrected chi connectivity index (χ3v) is 4.58. The van der Waals surface area contributed by atoms with Crippen LogP contribution in [-0.2, 0) is 4.79 Å². The molecule has 0 saturated heterocycles. The number of carbonyl (C=O) groups excluding carboxylic acids is 1. The maximum atomic E-state index is 11.5. The van der Waals surface area contributed by atoms with Gasteiger partial charge in [-0.2, -0.15) is 0 Å². The van der Waals surface area contributed by atoms with Crippen LogP contribution in [0.5, 0.6) is 0 Å². The van der Waals surface area contributed by atoms with Crippen LogP contribution >= 0.6 is 0 Å². The molecule has 0 radical (unpaired) electrons. The number of carbonyl (C=O) groups is 1. The fourth-order valence-electron chi connectivity index (χ4n) is 3.35.